The molecule has 0 radical (unpaired) electrons. The van der Waals surface area contributed by atoms with Gasteiger partial charge in [0.1, 0.15) is 11.5 Å². The molecule has 1 fully saturated rings. The van der Waals surface area contributed by atoms with Gasteiger partial charge >= 0.3 is 0 Å². The Labute approximate surface area is 122 Å². The summed E-state index contributed by atoms with van der Waals surface area (Å²) in [6.07, 6.45) is 5.44. The third-order valence-electron chi connectivity index (χ3n) is 3.85. The number of ether oxygens (including phenoxy) is 2. The van der Waals surface area contributed by atoms with Gasteiger partial charge in [-0.05, 0) is 38.1 Å². The van der Waals surface area contributed by atoms with Crippen LogP contribution >= 0.6 is 0 Å². The van der Waals surface area contributed by atoms with Gasteiger partial charge in [-0.3, -0.25) is 0 Å². The molecular formula is C16H26N2O2. The summed E-state index contributed by atoms with van der Waals surface area (Å²) in [4.78, 5) is 2.55. The topological polar surface area (TPSA) is 33.7 Å². The highest BCUT2D eigenvalue weighted by atomic mass is 16.5. The van der Waals surface area contributed by atoms with Gasteiger partial charge < -0.3 is 19.7 Å². The highest BCUT2D eigenvalue weighted by Gasteiger charge is 2.09. The minimum atomic E-state index is 0.850. The van der Waals surface area contributed by atoms with Gasteiger partial charge in [0.25, 0.3) is 0 Å². The zero-order valence-corrected chi connectivity index (χ0v) is 12.7. The molecule has 0 saturated carbocycles. The zero-order valence-electron chi connectivity index (χ0n) is 12.7. The maximum absolute atomic E-state index is 5.38. The fourth-order valence-electron chi connectivity index (χ4n) is 2.66. The van der Waals surface area contributed by atoms with Crippen molar-refractivity contribution in [1.82, 2.24) is 4.90 Å². The van der Waals surface area contributed by atoms with Crippen molar-refractivity contribution in [1.29, 1.82) is 0 Å². The molecule has 112 valence electrons. The van der Waals surface area contributed by atoms with E-state index >= 15 is 0 Å². The summed E-state index contributed by atoms with van der Waals surface area (Å²) in [5.41, 5.74) is 1.00. The quantitative estimate of drug-likeness (QED) is 0.867. The van der Waals surface area contributed by atoms with Crippen molar-refractivity contribution in [3.8, 4) is 11.5 Å². The summed E-state index contributed by atoms with van der Waals surface area (Å²) in [5, 5.41) is 3.46. The largest absolute Gasteiger partial charge is 0.497 e. The molecule has 0 bridgehead atoms. The van der Waals surface area contributed by atoms with E-state index in [1.165, 1.54) is 38.8 Å². The van der Waals surface area contributed by atoms with Crippen LogP contribution in [-0.4, -0.2) is 45.3 Å². The first-order valence-corrected chi connectivity index (χ1v) is 7.52. The third kappa shape index (κ3) is 4.30. The standard InChI is InChI=1S/C16H26N2O2/c1-19-14-7-8-16(20-2)15(13-14)17-9-12-18-10-5-3-4-6-11-18/h7-8,13,17H,3-6,9-12H2,1-2H3. The fraction of sp³-hybridized carbons (Fsp3) is 0.625. The molecule has 4 heteroatoms. The van der Waals surface area contributed by atoms with Gasteiger partial charge in [0.05, 0.1) is 19.9 Å². The van der Waals surface area contributed by atoms with Crippen LogP contribution in [0.1, 0.15) is 25.7 Å². The average molecular weight is 278 g/mol. The Morgan fingerprint density at radius 3 is 2.45 bits per heavy atom. The summed E-state index contributed by atoms with van der Waals surface area (Å²) < 4.78 is 10.6. The smallest absolute Gasteiger partial charge is 0.142 e. The molecule has 1 saturated heterocycles. The van der Waals surface area contributed by atoms with E-state index in [9.17, 15) is 0 Å². The monoisotopic (exact) mass is 278 g/mol. The highest BCUT2D eigenvalue weighted by Crippen LogP contribution is 2.28. The van der Waals surface area contributed by atoms with E-state index in [1.54, 1.807) is 14.2 Å². The number of nitrogens with zero attached hydrogens (tertiary/aromatic N) is 1. The van der Waals surface area contributed by atoms with Crippen LogP contribution in [0.4, 0.5) is 5.69 Å². The first-order valence-electron chi connectivity index (χ1n) is 7.52. The molecule has 1 aromatic rings. The minimum absolute atomic E-state index is 0.850. The number of rotatable bonds is 6. The maximum Gasteiger partial charge on any atom is 0.142 e. The van der Waals surface area contributed by atoms with E-state index in [-0.39, 0.29) is 0 Å². The predicted octanol–water partition coefficient (Wildman–Crippen LogP) is 2.99. The summed E-state index contributed by atoms with van der Waals surface area (Å²) in [7, 11) is 3.38. The van der Waals surface area contributed by atoms with Crippen LogP contribution in [0.3, 0.4) is 0 Å². The van der Waals surface area contributed by atoms with E-state index in [1.807, 2.05) is 18.2 Å². The van der Waals surface area contributed by atoms with E-state index in [0.717, 1.165) is 30.3 Å². The molecule has 1 aliphatic rings. The van der Waals surface area contributed by atoms with E-state index in [0.29, 0.717) is 0 Å². The summed E-state index contributed by atoms with van der Waals surface area (Å²) in [6.45, 7) is 4.48. The molecule has 1 aromatic carbocycles. The average Bonchev–Trinajstić information content (AvgIpc) is 2.76. The van der Waals surface area contributed by atoms with Crippen molar-refractivity contribution in [2.75, 3.05) is 45.7 Å². The summed E-state index contributed by atoms with van der Waals surface area (Å²) in [6, 6.07) is 5.84. The van der Waals surface area contributed by atoms with Crippen LogP contribution in [0, 0.1) is 0 Å². The number of anilines is 1. The van der Waals surface area contributed by atoms with Gasteiger partial charge in [-0.2, -0.15) is 0 Å². The van der Waals surface area contributed by atoms with Gasteiger partial charge in [-0.15, -0.1) is 0 Å². The van der Waals surface area contributed by atoms with Crippen LogP contribution < -0.4 is 14.8 Å². The van der Waals surface area contributed by atoms with Crippen molar-refractivity contribution >= 4 is 5.69 Å². The Kier molecular flexibility index (Phi) is 5.99. The highest BCUT2D eigenvalue weighted by molar-refractivity contribution is 5.59. The number of nitrogens with one attached hydrogen (secondary N) is 1. The van der Waals surface area contributed by atoms with E-state index < -0.39 is 0 Å². The Bertz CT molecular complexity index is 401. The molecule has 4 nitrogen and oxygen atoms in total. The van der Waals surface area contributed by atoms with Crippen LogP contribution in [-0.2, 0) is 0 Å². The molecule has 0 spiro atoms. The van der Waals surface area contributed by atoms with Gasteiger partial charge in [0, 0.05) is 19.2 Å². The van der Waals surface area contributed by atoms with Crippen molar-refractivity contribution in [3.05, 3.63) is 18.2 Å². The van der Waals surface area contributed by atoms with Gasteiger partial charge in [-0.1, -0.05) is 12.8 Å². The van der Waals surface area contributed by atoms with Crippen molar-refractivity contribution in [2.45, 2.75) is 25.7 Å². The first kappa shape index (κ1) is 15.0. The molecule has 0 aromatic heterocycles. The fourth-order valence-corrected chi connectivity index (χ4v) is 2.66. The van der Waals surface area contributed by atoms with Gasteiger partial charge in [0.15, 0.2) is 0 Å². The maximum atomic E-state index is 5.38. The molecule has 2 rings (SSSR count). The van der Waals surface area contributed by atoms with Crippen molar-refractivity contribution in [2.24, 2.45) is 0 Å². The molecule has 1 heterocycles. The lowest BCUT2D eigenvalue weighted by molar-refractivity contribution is 0.296. The van der Waals surface area contributed by atoms with Crippen molar-refractivity contribution < 1.29 is 9.47 Å². The number of hydrogen-bond acceptors (Lipinski definition) is 4. The molecule has 1 aliphatic heterocycles. The Hall–Kier alpha value is -1.42. The number of benzene rings is 1. The lowest BCUT2D eigenvalue weighted by Gasteiger charge is -2.20. The van der Waals surface area contributed by atoms with Gasteiger partial charge in [-0.25, -0.2) is 0 Å². The second kappa shape index (κ2) is 8.00. The van der Waals surface area contributed by atoms with Crippen LogP contribution in [0.15, 0.2) is 18.2 Å². The molecule has 0 amide bonds. The molecule has 0 unspecified atom stereocenters. The lowest BCUT2D eigenvalue weighted by atomic mass is 10.2. The summed E-state index contributed by atoms with van der Waals surface area (Å²) >= 11 is 0. The van der Waals surface area contributed by atoms with Crippen molar-refractivity contribution in [3.63, 3.8) is 0 Å². The second-order valence-electron chi connectivity index (χ2n) is 5.25. The number of likely N-dealkylation sites (tertiary alicyclic amines) is 1. The van der Waals surface area contributed by atoms with Crippen LogP contribution in [0.2, 0.25) is 0 Å². The normalized spacial score (nSPS) is 16.5. The molecular weight excluding hydrogens is 252 g/mol. The first-order chi connectivity index (χ1) is 9.83. The Morgan fingerprint density at radius 2 is 1.80 bits per heavy atom. The van der Waals surface area contributed by atoms with E-state index in [2.05, 4.69) is 10.2 Å². The Balaban J connectivity index is 1.86. The molecule has 0 atom stereocenters. The number of methoxy groups -OCH3 is 2. The zero-order chi connectivity index (χ0) is 14.2. The third-order valence-corrected chi connectivity index (χ3v) is 3.85. The minimum Gasteiger partial charge on any atom is -0.497 e. The van der Waals surface area contributed by atoms with Crippen LogP contribution in [0.25, 0.3) is 0 Å². The lowest BCUT2D eigenvalue weighted by Crippen LogP contribution is -2.30. The SMILES string of the molecule is COc1ccc(OC)c(NCCN2CCCCCC2)c1. The molecule has 20 heavy (non-hydrogen) atoms. The summed E-state index contributed by atoms with van der Waals surface area (Å²) in [5.74, 6) is 1.71. The molecule has 0 aliphatic carbocycles. The second-order valence-corrected chi connectivity index (χ2v) is 5.25. The van der Waals surface area contributed by atoms with E-state index in [4.69, 9.17) is 9.47 Å². The van der Waals surface area contributed by atoms with Crippen LogP contribution in [0.5, 0.6) is 11.5 Å². The van der Waals surface area contributed by atoms with Gasteiger partial charge in [0.2, 0.25) is 0 Å². The molecule has 1 N–H and O–H groups in total. The Morgan fingerprint density at radius 1 is 1.05 bits per heavy atom. The number of hydrogen-bond donors (Lipinski definition) is 1. The predicted molar refractivity (Wildman–Crippen MR) is 82.9 cm³/mol.